The minimum atomic E-state index is -3.66. The van der Waals surface area contributed by atoms with Crippen LogP contribution in [0.25, 0.3) is 0 Å². The van der Waals surface area contributed by atoms with E-state index in [4.69, 9.17) is 4.74 Å². The number of nitrogens with zero attached hydrogens (tertiary/aromatic N) is 1. The number of unbranched alkanes of at least 4 members (excludes halogenated alkanes) is 1. The Kier molecular flexibility index (Phi) is 6.12. The number of ether oxygens (including phenoxy) is 1. The summed E-state index contributed by atoms with van der Waals surface area (Å²) in [5.74, 6) is 0.395. The molecule has 0 fully saturated rings. The van der Waals surface area contributed by atoms with Crippen LogP contribution in [0.4, 0.5) is 0 Å². The van der Waals surface area contributed by atoms with Gasteiger partial charge in [0.05, 0.1) is 18.8 Å². The average molecular weight is 334 g/mol. The number of rotatable bonds is 8. The summed E-state index contributed by atoms with van der Waals surface area (Å²) in [7, 11) is -3.66. The van der Waals surface area contributed by atoms with E-state index >= 15 is 0 Å². The number of aromatic nitrogens is 1. The van der Waals surface area contributed by atoms with Gasteiger partial charge in [-0.2, -0.15) is 0 Å². The molecule has 0 aliphatic heterocycles. The van der Waals surface area contributed by atoms with Gasteiger partial charge < -0.3 is 4.74 Å². The molecule has 0 bridgehead atoms. The third kappa shape index (κ3) is 5.04. The monoisotopic (exact) mass is 334 g/mol. The third-order valence-electron chi connectivity index (χ3n) is 3.31. The molecule has 0 aliphatic rings. The maximum atomic E-state index is 12.6. The summed E-state index contributed by atoms with van der Waals surface area (Å²) in [4.78, 5) is 4.28. The standard InChI is InChI=1S/C17H22N2O3S/c1-3-4-11-22-16-12-14(2)8-9-17(16)23(20,21)19-13-15-7-5-6-10-18-15/h5-10,12,19H,3-4,11,13H2,1-2H3. The number of aryl methyl sites for hydroxylation is 1. The van der Waals surface area contributed by atoms with E-state index in [0.717, 1.165) is 18.4 Å². The molecule has 1 heterocycles. The van der Waals surface area contributed by atoms with Crippen LogP contribution in [0.1, 0.15) is 31.0 Å². The molecule has 0 aliphatic carbocycles. The molecule has 0 saturated heterocycles. The highest BCUT2D eigenvalue weighted by atomic mass is 32.2. The molecule has 0 amide bonds. The highest BCUT2D eigenvalue weighted by Crippen LogP contribution is 2.25. The molecule has 1 aromatic carbocycles. The first-order valence-corrected chi connectivity index (χ1v) is 9.14. The van der Waals surface area contributed by atoms with Gasteiger partial charge in [-0.1, -0.05) is 25.5 Å². The Morgan fingerprint density at radius 2 is 2.04 bits per heavy atom. The van der Waals surface area contributed by atoms with Crippen LogP contribution in [0.5, 0.6) is 5.75 Å². The first-order chi connectivity index (χ1) is 11.0. The zero-order valence-electron chi connectivity index (χ0n) is 13.5. The van der Waals surface area contributed by atoms with Crippen molar-refractivity contribution in [3.8, 4) is 5.75 Å². The van der Waals surface area contributed by atoms with Crippen molar-refractivity contribution in [3.63, 3.8) is 0 Å². The average Bonchev–Trinajstić information content (AvgIpc) is 2.54. The fraction of sp³-hybridized carbons (Fsp3) is 0.353. The predicted octanol–water partition coefficient (Wildman–Crippen LogP) is 3.05. The van der Waals surface area contributed by atoms with E-state index in [2.05, 4.69) is 16.6 Å². The second-order valence-corrected chi connectivity index (χ2v) is 7.03. The Morgan fingerprint density at radius 3 is 2.74 bits per heavy atom. The Bertz CT molecular complexity index is 731. The Hall–Kier alpha value is -1.92. The topological polar surface area (TPSA) is 68.3 Å². The van der Waals surface area contributed by atoms with Crippen LogP contribution in [-0.4, -0.2) is 20.0 Å². The predicted molar refractivity (Wildman–Crippen MR) is 89.8 cm³/mol. The molecule has 0 radical (unpaired) electrons. The molecule has 23 heavy (non-hydrogen) atoms. The molecule has 6 heteroatoms. The smallest absolute Gasteiger partial charge is 0.244 e. The molecule has 2 aromatic rings. The quantitative estimate of drug-likeness (QED) is 0.753. The Labute approximate surface area is 137 Å². The van der Waals surface area contributed by atoms with Crippen LogP contribution >= 0.6 is 0 Å². The number of sulfonamides is 1. The molecule has 1 aromatic heterocycles. The van der Waals surface area contributed by atoms with Gasteiger partial charge in [0.2, 0.25) is 10.0 Å². The highest BCUT2D eigenvalue weighted by Gasteiger charge is 2.19. The van der Waals surface area contributed by atoms with Crippen molar-refractivity contribution in [2.45, 2.75) is 38.1 Å². The van der Waals surface area contributed by atoms with Gasteiger partial charge in [0.1, 0.15) is 10.6 Å². The molecule has 1 N–H and O–H groups in total. The van der Waals surface area contributed by atoms with Crippen molar-refractivity contribution in [1.82, 2.24) is 9.71 Å². The van der Waals surface area contributed by atoms with E-state index in [1.165, 1.54) is 0 Å². The van der Waals surface area contributed by atoms with Crippen LogP contribution in [0, 0.1) is 6.92 Å². The van der Waals surface area contributed by atoms with Gasteiger partial charge in [-0.05, 0) is 43.2 Å². The summed E-state index contributed by atoms with van der Waals surface area (Å²) in [6.07, 6.45) is 3.51. The molecule has 0 saturated carbocycles. The number of benzene rings is 1. The van der Waals surface area contributed by atoms with E-state index in [-0.39, 0.29) is 11.4 Å². The number of hydrogen-bond donors (Lipinski definition) is 1. The molecule has 0 unspecified atom stereocenters. The molecule has 5 nitrogen and oxygen atoms in total. The van der Waals surface area contributed by atoms with E-state index in [0.29, 0.717) is 18.1 Å². The summed E-state index contributed by atoms with van der Waals surface area (Å²) in [6.45, 7) is 4.62. The Balaban J connectivity index is 2.17. The van der Waals surface area contributed by atoms with E-state index < -0.39 is 10.0 Å². The lowest BCUT2D eigenvalue weighted by Crippen LogP contribution is -2.24. The third-order valence-corrected chi connectivity index (χ3v) is 4.75. The van der Waals surface area contributed by atoms with Crippen molar-refractivity contribution in [3.05, 3.63) is 53.9 Å². The van der Waals surface area contributed by atoms with Crippen molar-refractivity contribution in [1.29, 1.82) is 0 Å². The highest BCUT2D eigenvalue weighted by molar-refractivity contribution is 7.89. The largest absolute Gasteiger partial charge is 0.492 e. The molecule has 0 atom stereocenters. The fourth-order valence-corrected chi connectivity index (χ4v) is 3.15. The lowest BCUT2D eigenvalue weighted by molar-refractivity contribution is 0.301. The molecule has 0 spiro atoms. The van der Waals surface area contributed by atoms with Gasteiger partial charge in [-0.25, -0.2) is 13.1 Å². The lowest BCUT2D eigenvalue weighted by Gasteiger charge is -2.13. The van der Waals surface area contributed by atoms with E-state index in [1.54, 1.807) is 36.5 Å². The minimum Gasteiger partial charge on any atom is -0.492 e. The van der Waals surface area contributed by atoms with Crippen molar-refractivity contribution < 1.29 is 13.2 Å². The summed E-state index contributed by atoms with van der Waals surface area (Å²) in [5.41, 5.74) is 1.62. The summed E-state index contributed by atoms with van der Waals surface area (Å²) < 4.78 is 33.3. The number of nitrogens with one attached hydrogen (secondary N) is 1. The second-order valence-electron chi connectivity index (χ2n) is 5.30. The van der Waals surface area contributed by atoms with Crippen LogP contribution < -0.4 is 9.46 Å². The van der Waals surface area contributed by atoms with E-state index in [1.807, 2.05) is 13.0 Å². The number of hydrogen-bond acceptors (Lipinski definition) is 4. The van der Waals surface area contributed by atoms with E-state index in [9.17, 15) is 8.42 Å². The summed E-state index contributed by atoms with van der Waals surface area (Å²) >= 11 is 0. The zero-order chi connectivity index (χ0) is 16.7. The molecule has 2 rings (SSSR count). The van der Waals surface area contributed by atoms with Gasteiger partial charge >= 0.3 is 0 Å². The van der Waals surface area contributed by atoms with Gasteiger partial charge in [-0.3, -0.25) is 4.98 Å². The van der Waals surface area contributed by atoms with Crippen molar-refractivity contribution >= 4 is 10.0 Å². The van der Waals surface area contributed by atoms with Gasteiger partial charge in [-0.15, -0.1) is 0 Å². The van der Waals surface area contributed by atoms with Crippen molar-refractivity contribution in [2.24, 2.45) is 0 Å². The summed E-state index contributed by atoms with van der Waals surface area (Å²) in [5, 5.41) is 0. The SMILES string of the molecule is CCCCOc1cc(C)ccc1S(=O)(=O)NCc1ccccn1. The van der Waals surface area contributed by atoms with Crippen LogP contribution in [0.15, 0.2) is 47.5 Å². The van der Waals surface area contributed by atoms with Gasteiger partial charge in [0, 0.05) is 6.20 Å². The maximum absolute atomic E-state index is 12.6. The van der Waals surface area contributed by atoms with Crippen LogP contribution in [-0.2, 0) is 16.6 Å². The zero-order valence-corrected chi connectivity index (χ0v) is 14.3. The lowest BCUT2D eigenvalue weighted by atomic mass is 10.2. The minimum absolute atomic E-state index is 0.144. The first-order valence-electron chi connectivity index (χ1n) is 7.66. The first kappa shape index (κ1) is 17.4. The Morgan fingerprint density at radius 1 is 1.22 bits per heavy atom. The van der Waals surface area contributed by atoms with Gasteiger partial charge in [0.25, 0.3) is 0 Å². The molecular weight excluding hydrogens is 312 g/mol. The van der Waals surface area contributed by atoms with Crippen LogP contribution in [0.2, 0.25) is 0 Å². The fourth-order valence-electron chi connectivity index (χ4n) is 2.03. The number of pyridine rings is 1. The molecular formula is C17H22N2O3S. The maximum Gasteiger partial charge on any atom is 0.244 e. The second kappa shape index (κ2) is 8.08. The summed E-state index contributed by atoms with van der Waals surface area (Å²) in [6, 6.07) is 10.5. The van der Waals surface area contributed by atoms with Crippen LogP contribution in [0.3, 0.4) is 0 Å². The van der Waals surface area contributed by atoms with Gasteiger partial charge in [0.15, 0.2) is 0 Å². The molecule has 124 valence electrons. The van der Waals surface area contributed by atoms with Crippen molar-refractivity contribution in [2.75, 3.05) is 6.61 Å². The normalized spacial score (nSPS) is 11.4.